The van der Waals surface area contributed by atoms with E-state index in [9.17, 15) is 4.79 Å². The fourth-order valence-corrected chi connectivity index (χ4v) is 3.96. The molecule has 0 radical (unpaired) electrons. The normalized spacial score (nSPS) is 17.5. The van der Waals surface area contributed by atoms with Crippen LogP contribution in [0.4, 0.5) is 5.69 Å². The molecule has 1 aliphatic rings. The zero-order chi connectivity index (χ0) is 18.1. The van der Waals surface area contributed by atoms with Crippen molar-refractivity contribution in [1.29, 1.82) is 0 Å². The van der Waals surface area contributed by atoms with Crippen molar-refractivity contribution in [2.75, 3.05) is 5.32 Å². The fraction of sp³-hybridized carbons (Fsp3) is 0.136. The molecule has 1 saturated carbocycles. The van der Waals surface area contributed by atoms with Crippen LogP contribution in [0.3, 0.4) is 0 Å². The van der Waals surface area contributed by atoms with Gasteiger partial charge in [0.15, 0.2) is 0 Å². The van der Waals surface area contributed by atoms with E-state index in [0.717, 1.165) is 6.42 Å². The molecular weight excluding hydrogens is 365 g/mol. The van der Waals surface area contributed by atoms with Gasteiger partial charge in [0.05, 0.1) is 16.0 Å². The first-order chi connectivity index (χ1) is 12.6. The maximum absolute atomic E-state index is 12.9. The molecule has 0 saturated heterocycles. The zero-order valence-electron chi connectivity index (χ0n) is 14.0. The average molecular weight is 382 g/mol. The lowest BCUT2D eigenvalue weighted by atomic mass is 9.85. The van der Waals surface area contributed by atoms with Gasteiger partial charge in [-0.2, -0.15) is 0 Å². The lowest BCUT2D eigenvalue weighted by Gasteiger charge is -2.19. The number of carbonyl (C=O) groups excluding carboxylic acids is 1. The molecule has 0 aliphatic heterocycles. The topological polar surface area (TPSA) is 29.1 Å². The second-order valence-electron chi connectivity index (χ2n) is 6.58. The van der Waals surface area contributed by atoms with Crippen LogP contribution in [0.1, 0.15) is 17.5 Å². The second-order valence-corrected chi connectivity index (χ2v) is 7.39. The molecule has 0 aromatic heterocycles. The summed E-state index contributed by atoms with van der Waals surface area (Å²) in [6.07, 6.45) is 0.786. The lowest BCUT2D eigenvalue weighted by Crippen LogP contribution is -2.22. The highest BCUT2D eigenvalue weighted by atomic mass is 35.5. The summed E-state index contributed by atoms with van der Waals surface area (Å²) in [5.41, 5.74) is 2.72. The maximum Gasteiger partial charge on any atom is 0.228 e. The number of nitrogens with one attached hydrogen (secondary N) is 1. The predicted octanol–water partition coefficient (Wildman–Crippen LogP) is 5.94. The van der Waals surface area contributed by atoms with Gasteiger partial charge in [-0.3, -0.25) is 4.79 Å². The van der Waals surface area contributed by atoms with Gasteiger partial charge in [-0.15, -0.1) is 0 Å². The Kier molecular flexibility index (Phi) is 4.47. The Labute approximate surface area is 162 Å². The number of carbonyl (C=O) groups is 1. The highest BCUT2D eigenvalue weighted by Crippen LogP contribution is 2.59. The smallest absolute Gasteiger partial charge is 0.228 e. The summed E-state index contributed by atoms with van der Waals surface area (Å²) >= 11 is 12.0. The van der Waals surface area contributed by atoms with Crippen molar-refractivity contribution in [3.63, 3.8) is 0 Å². The quantitative estimate of drug-likeness (QED) is 0.595. The summed E-state index contributed by atoms with van der Waals surface area (Å²) < 4.78 is 0. The Bertz CT molecular complexity index is 901. The van der Waals surface area contributed by atoms with Crippen LogP contribution in [0.25, 0.3) is 0 Å². The van der Waals surface area contributed by atoms with E-state index >= 15 is 0 Å². The number of halogens is 2. The first-order valence-corrected chi connectivity index (χ1v) is 9.24. The number of benzene rings is 3. The van der Waals surface area contributed by atoms with Gasteiger partial charge >= 0.3 is 0 Å². The van der Waals surface area contributed by atoms with Crippen molar-refractivity contribution in [3.8, 4) is 0 Å². The predicted molar refractivity (Wildman–Crippen MR) is 107 cm³/mol. The standard InChI is InChI=1S/C22H17Cl2NO/c23-19-12-11-17(13-20(19)24)25-21(26)18-14-22(18,15-7-3-1-4-8-15)16-9-5-2-6-10-16/h1-13,18H,14H2,(H,25,26)/t18-/m1/s1. The van der Waals surface area contributed by atoms with Crippen molar-refractivity contribution in [2.24, 2.45) is 5.92 Å². The minimum atomic E-state index is -0.275. The van der Waals surface area contributed by atoms with Crippen LogP contribution in [0, 0.1) is 5.92 Å². The van der Waals surface area contributed by atoms with Crippen molar-refractivity contribution in [3.05, 3.63) is 100 Å². The van der Waals surface area contributed by atoms with Crippen molar-refractivity contribution in [2.45, 2.75) is 11.8 Å². The molecule has 0 unspecified atom stereocenters. The molecular formula is C22H17Cl2NO. The molecule has 1 fully saturated rings. The molecule has 1 aliphatic carbocycles. The molecule has 0 spiro atoms. The number of hydrogen-bond acceptors (Lipinski definition) is 1. The van der Waals surface area contributed by atoms with Gasteiger partial charge in [-0.05, 0) is 35.7 Å². The number of hydrogen-bond donors (Lipinski definition) is 1. The van der Waals surface area contributed by atoms with E-state index < -0.39 is 0 Å². The van der Waals surface area contributed by atoms with Crippen LogP contribution in [-0.4, -0.2) is 5.91 Å². The highest BCUT2D eigenvalue weighted by molar-refractivity contribution is 6.42. The van der Waals surface area contributed by atoms with Gasteiger partial charge in [0, 0.05) is 11.1 Å². The lowest BCUT2D eigenvalue weighted by molar-refractivity contribution is -0.117. The molecule has 130 valence electrons. The number of anilines is 1. The summed E-state index contributed by atoms with van der Waals surface area (Å²) in [6, 6.07) is 25.6. The zero-order valence-corrected chi connectivity index (χ0v) is 15.5. The van der Waals surface area contributed by atoms with Gasteiger partial charge in [0.1, 0.15) is 0 Å². The van der Waals surface area contributed by atoms with Crippen molar-refractivity contribution < 1.29 is 4.79 Å². The molecule has 0 heterocycles. The third kappa shape index (κ3) is 3.00. The Morgan fingerprint density at radius 2 is 1.42 bits per heavy atom. The molecule has 1 amide bonds. The van der Waals surface area contributed by atoms with Crippen LogP contribution >= 0.6 is 23.2 Å². The number of rotatable bonds is 4. The largest absolute Gasteiger partial charge is 0.326 e. The fourth-order valence-electron chi connectivity index (χ4n) is 3.66. The summed E-state index contributed by atoms with van der Waals surface area (Å²) in [5, 5.41) is 3.88. The van der Waals surface area contributed by atoms with E-state index in [1.165, 1.54) is 11.1 Å². The summed E-state index contributed by atoms with van der Waals surface area (Å²) in [7, 11) is 0. The van der Waals surface area contributed by atoms with E-state index in [1.807, 2.05) is 36.4 Å². The van der Waals surface area contributed by atoms with Gasteiger partial charge in [0.25, 0.3) is 0 Å². The molecule has 1 atom stereocenters. The monoisotopic (exact) mass is 381 g/mol. The van der Waals surface area contributed by atoms with E-state index in [4.69, 9.17) is 23.2 Å². The van der Waals surface area contributed by atoms with E-state index in [-0.39, 0.29) is 17.2 Å². The summed E-state index contributed by atoms with van der Waals surface area (Å²) in [6.45, 7) is 0. The van der Waals surface area contributed by atoms with Gasteiger partial charge in [-0.25, -0.2) is 0 Å². The van der Waals surface area contributed by atoms with Gasteiger partial charge < -0.3 is 5.32 Å². The SMILES string of the molecule is O=C(Nc1ccc(Cl)c(Cl)c1)[C@H]1CC1(c1ccccc1)c1ccccc1. The Hall–Kier alpha value is -2.29. The van der Waals surface area contributed by atoms with Gasteiger partial charge in [0.2, 0.25) is 5.91 Å². The molecule has 4 rings (SSSR count). The van der Waals surface area contributed by atoms with Gasteiger partial charge in [-0.1, -0.05) is 83.9 Å². The average Bonchev–Trinajstić information content (AvgIpc) is 3.43. The Morgan fingerprint density at radius 3 is 1.96 bits per heavy atom. The Morgan fingerprint density at radius 1 is 0.846 bits per heavy atom. The van der Waals surface area contributed by atoms with Crippen molar-refractivity contribution >= 4 is 34.8 Å². The summed E-state index contributed by atoms with van der Waals surface area (Å²) in [4.78, 5) is 12.9. The molecule has 3 aromatic carbocycles. The van der Waals surface area contributed by atoms with Crippen LogP contribution in [0.5, 0.6) is 0 Å². The molecule has 0 bridgehead atoms. The number of amides is 1. The minimum absolute atomic E-state index is 0.00362. The van der Waals surface area contributed by atoms with Crippen LogP contribution in [0.15, 0.2) is 78.9 Å². The second kappa shape index (κ2) is 6.79. The van der Waals surface area contributed by atoms with E-state index in [1.54, 1.807) is 18.2 Å². The molecule has 2 nitrogen and oxygen atoms in total. The molecule has 1 N–H and O–H groups in total. The Balaban J connectivity index is 1.64. The molecule has 3 aromatic rings. The minimum Gasteiger partial charge on any atom is -0.326 e. The summed E-state index contributed by atoms with van der Waals surface area (Å²) in [5.74, 6) is -0.127. The third-order valence-corrected chi connectivity index (χ3v) is 5.78. The maximum atomic E-state index is 12.9. The van der Waals surface area contributed by atoms with Crippen LogP contribution in [-0.2, 0) is 10.2 Å². The third-order valence-electron chi connectivity index (χ3n) is 5.04. The molecule has 26 heavy (non-hydrogen) atoms. The van der Waals surface area contributed by atoms with Crippen molar-refractivity contribution in [1.82, 2.24) is 0 Å². The first kappa shape index (κ1) is 17.1. The van der Waals surface area contributed by atoms with Crippen LogP contribution in [0.2, 0.25) is 10.0 Å². The first-order valence-electron chi connectivity index (χ1n) is 8.48. The van der Waals surface area contributed by atoms with Crippen LogP contribution < -0.4 is 5.32 Å². The van der Waals surface area contributed by atoms with E-state index in [2.05, 4.69) is 29.6 Å². The molecule has 4 heteroatoms. The van der Waals surface area contributed by atoms with E-state index in [0.29, 0.717) is 15.7 Å². The highest BCUT2D eigenvalue weighted by Gasteiger charge is 2.60.